The highest BCUT2D eigenvalue weighted by Gasteiger charge is 2.25. The predicted molar refractivity (Wildman–Crippen MR) is 92.2 cm³/mol. The number of carbonyl (C=O) groups is 1. The molecule has 0 unspecified atom stereocenters. The van der Waals surface area contributed by atoms with Gasteiger partial charge in [-0.2, -0.15) is 5.10 Å². The Morgan fingerprint density at radius 3 is 3.00 bits per heavy atom. The van der Waals surface area contributed by atoms with Gasteiger partial charge in [-0.3, -0.25) is 15.1 Å². The lowest BCUT2D eigenvalue weighted by Gasteiger charge is -2.23. The monoisotopic (exact) mass is 329 g/mol. The highest BCUT2D eigenvalue weighted by atomic mass is 32.2. The summed E-state index contributed by atoms with van der Waals surface area (Å²) in [6, 6.07) is 6.07. The molecule has 5 nitrogen and oxygen atoms in total. The minimum absolute atomic E-state index is 0.0671. The lowest BCUT2D eigenvalue weighted by atomic mass is 10.1. The van der Waals surface area contributed by atoms with E-state index in [4.69, 9.17) is 4.74 Å². The lowest BCUT2D eigenvalue weighted by molar-refractivity contribution is -0.115. The molecule has 0 saturated carbocycles. The van der Waals surface area contributed by atoms with Gasteiger partial charge >= 0.3 is 0 Å². The van der Waals surface area contributed by atoms with Crippen molar-refractivity contribution in [3.05, 3.63) is 34.2 Å². The van der Waals surface area contributed by atoms with E-state index in [1.165, 1.54) is 36.6 Å². The molecule has 0 atom stereocenters. The molecule has 3 heterocycles. The molecule has 0 aliphatic carbocycles. The summed E-state index contributed by atoms with van der Waals surface area (Å²) >= 11 is 1.42. The largest absolute Gasteiger partial charge is 0.493 e. The third-order valence-corrected chi connectivity index (χ3v) is 5.13. The van der Waals surface area contributed by atoms with Gasteiger partial charge in [0.15, 0.2) is 5.17 Å². The number of hydrogen-bond donors (Lipinski definition) is 1. The number of amides is 1. The predicted octanol–water partition coefficient (Wildman–Crippen LogP) is 2.58. The topological polar surface area (TPSA) is 53.9 Å². The van der Waals surface area contributed by atoms with Crippen molar-refractivity contribution in [1.82, 2.24) is 10.3 Å². The normalized spacial score (nSPS) is 24.0. The number of carbonyl (C=O) groups excluding carboxylic acids is 1. The maximum Gasteiger partial charge on any atom is 0.264 e. The van der Waals surface area contributed by atoms with Gasteiger partial charge in [-0.15, -0.1) is 0 Å². The van der Waals surface area contributed by atoms with Gasteiger partial charge in [0.05, 0.1) is 11.5 Å². The zero-order valence-electron chi connectivity index (χ0n) is 12.9. The number of amidine groups is 1. The Hall–Kier alpha value is -1.95. The smallest absolute Gasteiger partial charge is 0.264 e. The molecule has 1 aromatic rings. The molecule has 1 amide bonds. The number of nitrogens with zero attached hydrogens (tertiary/aromatic N) is 2. The second-order valence-electron chi connectivity index (χ2n) is 5.95. The first kappa shape index (κ1) is 14.6. The van der Waals surface area contributed by atoms with E-state index < -0.39 is 0 Å². The number of fused-ring (bicyclic) bond motifs is 1. The molecule has 0 bridgehead atoms. The average Bonchev–Trinajstić information content (AvgIpc) is 3.15. The van der Waals surface area contributed by atoms with Crippen molar-refractivity contribution in [1.29, 1.82) is 0 Å². The summed E-state index contributed by atoms with van der Waals surface area (Å²) in [5.41, 5.74) is 2.25. The van der Waals surface area contributed by atoms with Crippen molar-refractivity contribution < 1.29 is 9.53 Å². The molecule has 0 aromatic heterocycles. The fourth-order valence-electron chi connectivity index (χ4n) is 3.03. The summed E-state index contributed by atoms with van der Waals surface area (Å²) in [6.07, 6.45) is 6.49. The highest BCUT2D eigenvalue weighted by molar-refractivity contribution is 8.18. The average molecular weight is 329 g/mol. The molecular weight excluding hydrogens is 310 g/mol. The molecule has 4 rings (SSSR count). The molecule has 1 aromatic carbocycles. The maximum absolute atomic E-state index is 12.1. The second kappa shape index (κ2) is 6.28. The number of benzene rings is 1. The van der Waals surface area contributed by atoms with E-state index >= 15 is 0 Å². The van der Waals surface area contributed by atoms with Crippen LogP contribution in [-0.4, -0.2) is 35.8 Å². The first-order chi connectivity index (χ1) is 11.3. The van der Waals surface area contributed by atoms with Gasteiger partial charge in [-0.1, -0.05) is 6.07 Å². The third kappa shape index (κ3) is 3.22. The summed E-state index contributed by atoms with van der Waals surface area (Å²) in [7, 11) is 0. The molecule has 2 saturated heterocycles. The zero-order valence-corrected chi connectivity index (χ0v) is 13.7. The quantitative estimate of drug-likeness (QED) is 0.848. The Labute approximate surface area is 139 Å². The Morgan fingerprint density at radius 1 is 1.26 bits per heavy atom. The minimum atomic E-state index is -0.0671. The number of thioether (sulfide) groups is 1. The summed E-state index contributed by atoms with van der Waals surface area (Å²) in [4.78, 5) is 12.8. The SMILES string of the molecule is O=C1NC(=NN2CCCCC2)S/C1=C\c1ccc2c(c1)CCO2. The van der Waals surface area contributed by atoms with Crippen LogP contribution < -0.4 is 10.1 Å². The molecular formula is C17H19N3O2S. The Kier molecular flexibility index (Phi) is 3.99. The van der Waals surface area contributed by atoms with Crippen molar-refractivity contribution in [3.8, 4) is 5.75 Å². The van der Waals surface area contributed by atoms with Crippen LogP contribution in [0.1, 0.15) is 30.4 Å². The number of rotatable bonds is 2. The van der Waals surface area contributed by atoms with E-state index in [2.05, 4.69) is 21.5 Å². The summed E-state index contributed by atoms with van der Waals surface area (Å²) in [6.45, 7) is 2.70. The maximum atomic E-state index is 12.1. The van der Waals surface area contributed by atoms with Gasteiger partial charge in [0.2, 0.25) is 0 Å². The Balaban J connectivity index is 1.50. The highest BCUT2D eigenvalue weighted by Crippen LogP contribution is 2.30. The van der Waals surface area contributed by atoms with Gasteiger partial charge in [0, 0.05) is 19.5 Å². The van der Waals surface area contributed by atoms with Crippen molar-refractivity contribution in [3.63, 3.8) is 0 Å². The molecule has 120 valence electrons. The van der Waals surface area contributed by atoms with Gasteiger partial charge in [-0.05, 0) is 60.4 Å². The Morgan fingerprint density at radius 2 is 2.13 bits per heavy atom. The number of hydrogen-bond acceptors (Lipinski definition) is 5. The lowest BCUT2D eigenvalue weighted by Crippen LogP contribution is -2.28. The Bertz CT molecular complexity index is 693. The summed E-state index contributed by atoms with van der Waals surface area (Å²) < 4.78 is 5.52. The molecule has 0 spiro atoms. The fourth-order valence-corrected chi connectivity index (χ4v) is 3.88. The number of piperidine rings is 1. The first-order valence-electron chi connectivity index (χ1n) is 8.08. The molecule has 6 heteroatoms. The van der Waals surface area contributed by atoms with Gasteiger partial charge in [0.1, 0.15) is 5.75 Å². The minimum Gasteiger partial charge on any atom is -0.493 e. The second-order valence-corrected chi connectivity index (χ2v) is 6.98. The first-order valence-corrected chi connectivity index (χ1v) is 8.90. The number of ether oxygens (including phenoxy) is 1. The molecule has 3 aliphatic rings. The van der Waals surface area contributed by atoms with Crippen LogP contribution in [0.15, 0.2) is 28.2 Å². The van der Waals surface area contributed by atoms with E-state index in [1.807, 2.05) is 18.2 Å². The fraction of sp³-hybridized carbons (Fsp3) is 0.412. The van der Waals surface area contributed by atoms with Crippen molar-refractivity contribution >= 4 is 28.9 Å². The molecule has 0 radical (unpaired) electrons. The van der Waals surface area contributed by atoms with Crippen molar-refractivity contribution in [2.24, 2.45) is 5.10 Å². The van der Waals surface area contributed by atoms with E-state index in [0.717, 1.165) is 37.4 Å². The van der Waals surface area contributed by atoms with Crippen molar-refractivity contribution in [2.45, 2.75) is 25.7 Å². The standard InChI is InChI=1S/C17H19N3O2S/c21-16-15(11-12-4-5-14-13(10-12)6-9-22-14)23-17(18-16)19-20-7-2-1-3-8-20/h4-5,10-11H,1-3,6-9H2,(H,18,19,21)/b15-11-. The summed E-state index contributed by atoms with van der Waals surface area (Å²) in [5.74, 6) is 0.894. The van der Waals surface area contributed by atoms with Crippen LogP contribution in [0.4, 0.5) is 0 Å². The van der Waals surface area contributed by atoms with E-state index in [1.54, 1.807) is 0 Å². The molecule has 3 aliphatic heterocycles. The van der Waals surface area contributed by atoms with Crippen LogP contribution in [0.5, 0.6) is 5.75 Å². The van der Waals surface area contributed by atoms with Crippen LogP contribution in [0, 0.1) is 0 Å². The zero-order chi connectivity index (χ0) is 15.6. The van der Waals surface area contributed by atoms with Crippen LogP contribution in [-0.2, 0) is 11.2 Å². The van der Waals surface area contributed by atoms with E-state index in [9.17, 15) is 4.79 Å². The van der Waals surface area contributed by atoms with Gasteiger partial charge < -0.3 is 4.74 Å². The third-order valence-electron chi connectivity index (χ3n) is 4.23. The van der Waals surface area contributed by atoms with Gasteiger partial charge in [0.25, 0.3) is 5.91 Å². The van der Waals surface area contributed by atoms with Crippen LogP contribution in [0.25, 0.3) is 6.08 Å². The van der Waals surface area contributed by atoms with Crippen LogP contribution in [0.3, 0.4) is 0 Å². The van der Waals surface area contributed by atoms with E-state index in [-0.39, 0.29) is 5.91 Å². The van der Waals surface area contributed by atoms with E-state index in [0.29, 0.717) is 10.1 Å². The van der Waals surface area contributed by atoms with Gasteiger partial charge in [-0.25, -0.2) is 0 Å². The summed E-state index contributed by atoms with van der Waals surface area (Å²) in [5, 5.41) is 10.2. The number of nitrogens with one attached hydrogen (secondary N) is 1. The molecule has 2 fully saturated rings. The van der Waals surface area contributed by atoms with Crippen LogP contribution >= 0.6 is 11.8 Å². The van der Waals surface area contributed by atoms with Crippen molar-refractivity contribution in [2.75, 3.05) is 19.7 Å². The number of hydrazone groups is 1. The molecule has 23 heavy (non-hydrogen) atoms. The van der Waals surface area contributed by atoms with Crippen LogP contribution in [0.2, 0.25) is 0 Å². The molecule has 1 N–H and O–H groups in total.